The molecule has 1 N–H and O–H groups in total. The van der Waals surface area contributed by atoms with E-state index in [0.717, 1.165) is 49.0 Å². The summed E-state index contributed by atoms with van der Waals surface area (Å²) in [6.45, 7) is 3.74. The Morgan fingerprint density at radius 3 is 2.40 bits per heavy atom. The average Bonchev–Trinajstić information content (AvgIpc) is 3.09. The molecule has 160 valence electrons. The first-order valence-corrected chi connectivity index (χ1v) is 11.1. The maximum absolute atomic E-state index is 12.7. The van der Waals surface area contributed by atoms with E-state index in [4.69, 9.17) is 9.47 Å². The molecule has 1 amide bonds. The minimum absolute atomic E-state index is 0.0651. The first-order chi connectivity index (χ1) is 14.5. The number of carbonyl (C=O) groups excluding carboxylic acids is 3. The van der Waals surface area contributed by atoms with Crippen molar-refractivity contribution in [2.24, 2.45) is 5.92 Å². The fourth-order valence-electron chi connectivity index (χ4n) is 3.61. The van der Waals surface area contributed by atoms with Gasteiger partial charge in [-0.3, -0.25) is 4.79 Å². The van der Waals surface area contributed by atoms with Crippen LogP contribution in [0.15, 0.2) is 30.3 Å². The van der Waals surface area contributed by atoms with Crippen molar-refractivity contribution in [1.82, 2.24) is 0 Å². The minimum atomic E-state index is -0.549. The molecule has 1 aromatic carbocycles. The number of benzene rings is 1. The summed E-state index contributed by atoms with van der Waals surface area (Å²) in [5.74, 6) is -1.24. The van der Waals surface area contributed by atoms with Crippen LogP contribution in [0.2, 0.25) is 0 Å². The van der Waals surface area contributed by atoms with E-state index >= 15 is 0 Å². The Balaban J connectivity index is 1.81. The standard InChI is InChI=1S/C23H27NO5S/c1-3-28-22(26)18-15(2)19(23(27)29-14-16-10-6-4-7-11-16)30-21(18)24-20(25)17-12-8-5-9-13-17/h4,6-7,10-11,17H,3,5,8-9,12-14H2,1-2H3,(H,24,25). The molecular formula is C23H27NO5S. The van der Waals surface area contributed by atoms with Gasteiger partial charge >= 0.3 is 11.9 Å². The van der Waals surface area contributed by atoms with Crippen LogP contribution in [-0.4, -0.2) is 24.5 Å². The van der Waals surface area contributed by atoms with Gasteiger partial charge in [0.1, 0.15) is 16.5 Å². The molecule has 0 saturated heterocycles. The lowest BCUT2D eigenvalue weighted by Crippen LogP contribution is -2.25. The van der Waals surface area contributed by atoms with Gasteiger partial charge < -0.3 is 14.8 Å². The lowest BCUT2D eigenvalue weighted by atomic mass is 9.89. The summed E-state index contributed by atoms with van der Waals surface area (Å²) in [4.78, 5) is 38.3. The Kier molecular flexibility index (Phi) is 7.63. The molecule has 0 atom stereocenters. The van der Waals surface area contributed by atoms with Gasteiger partial charge in [0, 0.05) is 5.92 Å². The lowest BCUT2D eigenvalue weighted by molar-refractivity contribution is -0.120. The minimum Gasteiger partial charge on any atom is -0.462 e. The molecule has 0 bridgehead atoms. The molecule has 1 aromatic heterocycles. The topological polar surface area (TPSA) is 81.7 Å². The Morgan fingerprint density at radius 2 is 1.73 bits per heavy atom. The zero-order valence-corrected chi connectivity index (χ0v) is 18.2. The Hall–Kier alpha value is -2.67. The Labute approximate surface area is 180 Å². The number of esters is 2. The number of thiophene rings is 1. The van der Waals surface area contributed by atoms with E-state index in [2.05, 4.69) is 5.32 Å². The average molecular weight is 430 g/mol. The predicted octanol–water partition coefficient (Wildman–Crippen LogP) is 5.11. The predicted molar refractivity (Wildman–Crippen MR) is 116 cm³/mol. The van der Waals surface area contributed by atoms with Crippen molar-refractivity contribution >= 4 is 34.2 Å². The molecule has 2 aromatic rings. The molecule has 0 spiro atoms. The largest absolute Gasteiger partial charge is 0.462 e. The van der Waals surface area contributed by atoms with Gasteiger partial charge in [-0.15, -0.1) is 11.3 Å². The van der Waals surface area contributed by atoms with Gasteiger partial charge in [-0.05, 0) is 37.8 Å². The molecule has 1 saturated carbocycles. The molecule has 6 nitrogen and oxygen atoms in total. The Morgan fingerprint density at radius 1 is 1.03 bits per heavy atom. The second kappa shape index (κ2) is 10.4. The number of hydrogen-bond acceptors (Lipinski definition) is 6. The molecule has 1 aliphatic carbocycles. The van der Waals surface area contributed by atoms with Crippen molar-refractivity contribution in [1.29, 1.82) is 0 Å². The third-order valence-corrected chi connectivity index (χ3v) is 6.42. The third-order valence-electron chi connectivity index (χ3n) is 5.24. The normalized spacial score (nSPS) is 14.2. The quantitative estimate of drug-likeness (QED) is 0.619. The van der Waals surface area contributed by atoms with Crippen LogP contribution >= 0.6 is 11.3 Å². The van der Waals surface area contributed by atoms with Crippen molar-refractivity contribution in [3.8, 4) is 0 Å². The maximum Gasteiger partial charge on any atom is 0.349 e. The lowest BCUT2D eigenvalue weighted by Gasteiger charge is -2.20. The van der Waals surface area contributed by atoms with Gasteiger partial charge in [-0.25, -0.2) is 9.59 Å². The van der Waals surface area contributed by atoms with Gasteiger partial charge in [0.05, 0.1) is 12.2 Å². The van der Waals surface area contributed by atoms with Crippen LogP contribution in [-0.2, 0) is 20.9 Å². The summed E-state index contributed by atoms with van der Waals surface area (Å²) in [5, 5.41) is 3.24. The molecule has 1 fully saturated rings. The molecule has 1 aliphatic rings. The van der Waals surface area contributed by atoms with Crippen LogP contribution in [0.25, 0.3) is 0 Å². The first-order valence-electron chi connectivity index (χ1n) is 10.3. The number of nitrogens with one attached hydrogen (secondary N) is 1. The van der Waals surface area contributed by atoms with E-state index in [1.807, 2.05) is 30.3 Å². The summed E-state index contributed by atoms with van der Waals surface area (Å²) in [6, 6.07) is 9.37. The summed E-state index contributed by atoms with van der Waals surface area (Å²) in [6.07, 6.45) is 4.90. The monoisotopic (exact) mass is 429 g/mol. The van der Waals surface area contributed by atoms with Crippen molar-refractivity contribution in [2.75, 3.05) is 11.9 Å². The van der Waals surface area contributed by atoms with E-state index in [-0.39, 0.29) is 30.6 Å². The van der Waals surface area contributed by atoms with Crippen molar-refractivity contribution in [3.63, 3.8) is 0 Å². The molecule has 0 unspecified atom stereocenters. The zero-order valence-electron chi connectivity index (χ0n) is 17.4. The van der Waals surface area contributed by atoms with Crippen LogP contribution in [0.1, 0.15) is 70.2 Å². The molecule has 3 rings (SSSR count). The molecule has 30 heavy (non-hydrogen) atoms. The van der Waals surface area contributed by atoms with Gasteiger partial charge in [0.25, 0.3) is 0 Å². The number of rotatable bonds is 7. The van der Waals surface area contributed by atoms with Crippen LogP contribution in [0.4, 0.5) is 5.00 Å². The highest BCUT2D eigenvalue weighted by atomic mass is 32.1. The third kappa shape index (κ3) is 5.27. The van der Waals surface area contributed by atoms with Gasteiger partial charge in [-0.1, -0.05) is 49.6 Å². The highest BCUT2D eigenvalue weighted by Gasteiger charge is 2.29. The summed E-state index contributed by atoms with van der Waals surface area (Å²) < 4.78 is 10.6. The van der Waals surface area contributed by atoms with E-state index < -0.39 is 11.9 Å². The number of hydrogen-bond donors (Lipinski definition) is 1. The van der Waals surface area contributed by atoms with Crippen molar-refractivity contribution in [3.05, 3.63) is 51.9 Å². The molecule has 7 heteroatoms. The molecule has 0 radical (unpaired) electrons. The van der Waals surface area contributed by atoms with Gasteiger partial charge in [-0.2, -0.15) is 0 Å². The number of carbonyl (C=O) groups is 3. The van der Waals surface area contributed by atoms with E-state index in [0.29, 0.717) is 15.4 Å². The summed E-state index contributed by atoms with van der Waals surface area (Å²) >= 11 is 1.07. The molecule has 0 aliphatic heterocycles. The highest BCUT2D eigenvalue weighted by molar-refractivity contribution is 7.18. The van der Waals surface area contributed by atoms with E-state index in [1.165, 1.54) is 0 Å². The highest BCUT2D eigenvalue weighted by Crippen LogP contribution is 2.35. The number of anilines is 1. The Bertz CT molecular complexity index is 900. The number of amides is 1. The first kappa shape index (κ1) is 22.0. The van der Waals surface area contributed by atoms with Crippen LogP contribution in [0.5, 0.6) is 0 Å². The van der Waals surface area contributed by atoms with E-state index in [9.17, 15) is 14.4 Å². The van der Waals surface area contributed by atoms with Crippen LogP contribution < -0.4 is 5.32 Å². The summed E-state index contributed by atoms with van der Waals surface area (Å²) in [7, 11) is 0. The fraction of sp³-hybridized carbons (Fsp3) is 0.435. The molecular weight excluding hydrogens is 402 g/mol. The SMILES string of the molecule is CCOC(=O)c1c(NC(=O)C2CCCCC2)sc(C(=O)OCc2ccccc2)c1C. The zero-order chi connectivity index (χ0) is 21.5. The molecule has 1 heterocycles. The smallest absolute Gasteiger partial charge is 0.349 e. The number of ether oxygens (including phenoxy) is 2. The van der Waals surface area contributed by atoms with Crippen molar-refractivity contribution < 1.29 is 23.9 Å². The van der Waals surface area contributed by atoms with Crippen LogP contribution in [0, 0.1) is 12.8 Å². The van der Waals surface area contributed by atoms with E-state index in [1.54, 1.807) is 13.8 Å². The van der Waals surface area contributed by atoms with Gasteiger partial charge in [0.15, 0.2) is 0 Å². The second-order valence-electron chi connectivity index (χ2n) is 7.37. The summed E-state index contributed by atoms with van der Waals surface area (Å²) in [5.41, 5.74) is 1.57. The fourth-order valence-corrected chi connectivity index (χ4v) is 4.70. The van der Waals surface area contributed by atoms with Gasteiger partial charge in [0.2, 0.25) is 5.91 Å². The van der Waals surface area contributed by atoms with Crippen molar-refractivity contribution in [2.45, 2.75) is 52.6 Å². The van der Waals surface area contributed by atoms with Crippen LogP contribution in [0.3, 0.4) is 0 Å². The maximum atomic E-state index is 12.7. The second-order valence-corrected chi connectivity index (χ2v) is 8.39.